The van der Waals surface area contributed by atoms with Crippen LogP contribution < -0.4 is 0 Å². The molecule has 146 valence electrons. The number of carbonyl (C=O) groups is 2. The molecule has 1 aliphatic rings. The highest BCUT2D eigenvalue weighted by Crippen LogP contribution is 2.24. The molecule has 0 radical (unpaired) electrons. The van der Waals surface area contributed by atoms with Crippen molar-refractivity contribution >= 4 is 12.3 Å². The Hall–Kier alpha value is -1.46. The molecular weight excluding hydrogens is 324 g/mol. The number of rotatable bonds is 10. The number of ether oxygens (including phenoxy) is 4. The van der Waals surface area contributed by atoms with Crippen LogP contribution in [0, 0.1) is 5.92 Å². The Bertz CT molecular complexity index is 382. The Kier molecular flexibility index (Phi) is 11.1. The minimum absolute atomic E-state index is 0.260. The van der Waals surface area contributed by atoms with Crippen molar-refractivity contribution in [2.24, 2.45) is 5.92 Å². The summed E-state index contributed by atoms with van der Waals surface area (Å²) >= 11 is 0. The van der Waals surface area contributed by atoms with Gasteiger partial charge in [-0.05, 0) is 44.9 Å². The highest BCUT2D eigenvalue weighted by atomic mass is 16.8. The second-order valence-electron chi connectivity index (χ2n) is 6.98. The largest absolute Gasteiger partial charge is 0.508 e. The van der Waals surface area contributed by atoms with Crippen molar-refractivity contribution in [3.63, 3.8) is 0 Å². The van der Waals surface area contributed by atoms with Crippen LogP contribution in [0.5, 0.6) is 0 Å². The fraction of sp³-hybridized carbons (Fsp3) is 0.895. The minimum Gasteiger partial charge on any atom is -0.435 e. The predicted octanol–water partition coefficient (Wildman–Crippen LogP) is 5.23. The monoisotopic (exact) mass is 358 g/mol. The molecule has 0 N–H and O–H groups in total. The molecule has 1 aliphatic carbocycles. The van der Waals surface area contributed by atoms with Crippen LogP contribution in [0.1, 0.15) is 78.6 Å². The van der Waals surface area contributed by atoms with Crippen LogP contribution in [-0.2, 0) is 18.9 Å². The lowest BCUT2D eigenvalue weighted by Crippen LogP contribution is -2.38. The Morgan fingerprint density at radius 2 is 1.44 bits per heavy atom. The summed E-state index contributed by atoms with van der Waals surface area (Å²) < 4.78 is 20.5. The van der Waals surface area contributed by atoms with E-state index in [-0.39, 0.29) is 6.61 Å². The van der Waals surface area contributed by atoms with Crippen molar-refractivity contribution in [2.75, 3.05) is 13.2 Å². The first-order chi connectivity index (χ1) is 12.0. The van der Waals surface area contributed by atoms with Crippen LogP contribution in [-0.4, -0.2) is 37.7 Å². The van der Waals surface area contributed by atoms with Gasteiger partial charge in [-0.2, -0.15) is 0 Å². The van der Waals surface area contributed by atoms with Gasteiger partial charge in [-0.3, -0.25) is 0 Å². The maximum absolute atomic E-state index is 11.8. The fourth-order valence-electron chi connectivity index (χ4n) is 2.93. The van der Waals surface area contributed by atoms with Crippen molar-refractivity contribution in [1.82, 2.24) is 0 Å². The molecule has 0 spiro atoms. The standard InChI is InChI=1S/C19H34O6/c1-4-22-18(20)24-16-12-8-9-13-17(16)25-19(21)23-14-10-6-5-7-11-15(2)3/h15-17H,4-14H2,1-3H3. The summed E-state index contributed by atoms with van der Waals surface area (Å²) in [6.45, 7) is 6.80. The third kappa shape index (κ3) is 10.2. The van der Waals surface area contributed by atoms with E-state index in [0.29, 0.717) is 19.4 Å². The first kappa shape index (κ1) is 21.6. The normalized spacial score (nSPS) is 20.2. The molecule has 2 atom stereocenters. The molecule has 0 aliphatic heterocycles. The predicted molar refractivity (Wildman–Crippen MR) is 94.5 cm³/mol. The van der Waals surface area contributed by atoms with Crippen LogP contribution >= 0.6 is 0 Å². The third-order valence-electron chi connectivity index (χ3n) is 4.30. The SMILES string of the molecule is CCOC(=O)OC1CCCCC1OC(=O)OCCCCCCC(C)C. The van der Waals surface area contributed by atoms with Gasteiger partial charge in [0.25, 0.3) is 0 Å². The van der Waals surface area contributed by atoms with Gasteiger partial charge in [0.2, 0.25) is 0 Å². The topological polar surface area (TPSA) is 71.1 Å². The molecule has 0 aromatic rings. The maximum Gasteiger partial charge on any atom is 0.508 e. The van der Waals surface area contributed by atoms with E-state index in [1.54, 1.807) is 6.92 Å². The van der Waals surface area contributed by atoms with Crippen molar-refractivity contribution in [3.05, 3.63) is 0 Å². The summed E-state index contributed by atoms with van der Waals surface area (Å²) in [7, 11) is 0. The Morgan fingerprint density at radius 1 is 0.880 bits per heavy atom. The quantitative estimate of drug-likeness (QED) is 0.393. The van der Waals surface area contributed by atoms with Crippen LogP contribution in [0.3, 0.4) is 0 Å². The zero-order chi connectivity index (χ0) is 18.5. The number of hydrogen-bond donors (Lipinski definition) is 0. The molecule has 25 heavy (non-hydrogen) atoms. The Balaban J connectivity index is 2.19. The zero-order valence-electron chi connectivity index (χ0n) is 16.0. The number of hydrogen-bond acceptors (Lipinski definition) is 6. The lowest BCUT2D eigenvalue weighted by molar-refractivity contribution is -0.0705. The van der Waals surface area contributed by atoms with Crippen LogP contribution in [0.2, 0.25) is 0 Å². The van der Waals surface area contributed by atoms with Gasteiger partial charge in [0.1, 0.15) is 12.2 Å². The summed E-state index contributed by atoms with van der Waals surface area (Å²) in [6, 6.07) is 0. The van der Waals surface area contributed by atoms with Crippen LogP contribution in [0.15, 0.2) is 0 Å². The molecule has 1 fully saturated rings. The second kappa shape index (κ2) is 12.8. The van der Waals surface area contributed by atoms with Crippen molar-refractivity contribution < 1.29 is 28.5 Å². The maximum atomic E-state index is 11.8. The van der Waals surface area contributed by atoms with Gasteiger partial charge in [-0.15, -0.1) is 0 Å². The molecule has 0 bridgehead atoms. The average Bonchev–Trinajstić information content (AvgIpc) is 2.55. The van der Waals surface area contributed by atoms with E-state index in [1.807, 2.05) is 0 Å². The van der Waals surface area contributed by atoms with E-state index in [0.717, 1.165) is 38.0 Å². The summed E-state index contributed by atoms with van der Waals surface area (Å²) in [5.74, 6) is 0.742. The summed E-state index contributed by atoms with van der Waals surface area (Å²) in [5.41, 5.74) is 0. The van der Waals surface area contributed by atoms with Crippen molar-refractivity contribution in [1.29, 1.82) is 0 Å². The molecular formula is C19H34O6. The lowest BCUT2D eigenvalue weighted by atomic mass is 9.95. The Labute approximate surface area is 151 Å². The smallest absolute Gasteiger partial charge is 0.435 e. The van der Waals surface area contributed by atoms with Gasteiger partial charge in [0.15, 0.2) is 0 Å². The Morgan fingerprint density at radius 3 is 2.00 bits per heavy atom. The van der Waals surface area contributed by atoms with Crippen LogP contribution in [0.4, 0.5) is 9.59 Å². The zero-order valence-corrected chi connectivity index (χ0v) is 16.0. The average molecular weight is 358 g/mol. The fourth-order valence-corrected chi connectivity index (χ4v) is 2.93. The van der Waals surface area contributed by atoms with Crippen molar-refractivity contribution in [2.45, 2.75) is 90.8 Å². The third-order valence-corrected chi connectivity index (χ3v) is 4.30. The molecule has 1 saturated carbocycles. The highest BCUT2D eigenvalue weighted by molar-refractivity contribution is 5.61. The van der Waals surface area contributed by atoms with Gasteiger partial charge in [-0.1, -0.05) is 39.5 Å². The summed E-state index contributed by atoms with van der Waals surface area (Å²) in [4.78, 5) is 23.3. The number of carbonyl (C=O) groups excluding carboxylic acids is 2. The van der Waals surface area contributed by atoms with Gasteiger partial charge >= 0.3 is 12.3 Å². The van der Waals surface area contributed by atoms with E-state index >= 15 is 0 Å². The van der Waals surface area contributed by atoms with Crippen molar-refractivity contribution in [3.8, 4) is 0 Å². The first-order valence-corrected chi connectivity index (χ1v) is 9.69. The van der Waals surface area contributed by atoms with Gasteiger partial charge < -0.3 is 18.9 Å². The molecule has 0 aromatic carbocycles. The van der Waals surface area contributed by atoms with E-state index in [4.69, 9.17) is 18.9 Å². The molecule has 0 saturated heterocycles. The van der Waals surface area contributed by atoms with Gasteiger partial charge in [-0.25, -0.2) is 9.59 Å². The first-order valence-electron chi connectivity index (χ1n) is 9.69. The van der Waals surface area contributed by atoms with Gasteiger partial charge in [0, 0.05) is 0 Å². The molecule has 1 rings (SSSR count). The highest BCUT2D eigenvalue weighted by Gasteiger charge is 2.32. The molecule has 6 heteroatoms. The van der Waals surface area contributed by atoms with E-state index in [2.05, 4.69) is 13.8 Å². The van der Waals surface area contributed by atoms with Crippen LogP contribution in [0.25, 0.3) is 0 Å². The summed E-state index contributed by atoms with van der Waals surface area (Å²) in [5, 5.41) is 0. The lowest BCUT2D eigenvalue weighted by Gasteiger charge is -2.29. The molecule has 2 unspecified atom stereocenters. The molecule has 0 amide bonds. The molecule has 6 nitrogen and oxygen atoms in total. The summed E-state index contributed by atoms with van der Waals surface area (Å²) in [6.07, 6.45) is 6.47. The molecule has 0 heterocycles. The van der Waals surface area contributed by atoms with E-state index in [1.165, 1.54) is 12.8 Å². The second-order valence-corrected chi connectivity index (χ2v) is 6.98. The van der Waals surface area contributed by atoms with E-state index < -0.39 is 24.5 Å². The van der Waals surface area contributed by atoms with E-state index in [9.17, 15) is 9.59 Å². The number of unbranched alkanes of at least 4 members (excludes halogenated alkanes) is 3. The van der Waals surface area contributed by atoms with Gasteiger partial charge in [0.05, 0.1) is 13.2 Å². The minimum atomic E-state index is -0.710. The molecule has 0 aromatic heterocycles.